The Balaban J connectivity index is 1.52. The summed E-state index contributed by atoms with van der Waals surface area (Å²) in [5.74, 6) is 0. The molecule has 0 atom stereocenters. The zero-order chi connectivity index (χ0) is 19.5. The van der Waals surface area contributed by atoms with Gasteiger partial charge in [-0.3, -0.25) is 5.41 Å². The molecule has 2 aromatic carbocycles. The number of aromatic nitrogens is 2. The highest BCUT2D eigenvalue weighted by molar-refractivity contribution is 6.68. The van der Waals surface area contributed by atoms with Gasteiger partial charge in [-0.1, -0.05) is 54.1 Å². The van der Waals surface area contributed by atoms with Gasteiger partial charge < -0.3 is 15.6 Å². The lowest BCUT2D eigenvalue weighted by atomic mass is 10.0. The zero-order valence-corrected chi connectivity index (χ0v) is 15.9. The second-order valence-electron chi connectivity index (χ2n) is 6.60. The third-order valence-electron chi connectivity index (χ3n) is 4.78. The van der Waals surface area contributed by atoms with Crippen LogP contribution in [-0.2, 0) is 13.0 Å². The highest BCUT2D eigenvalue weighted by Crippen LogP contribution is 2.21. The minimum Gasteiger partial charge on any atom is -0.396 e. The van der Waals surface area contributed by atoms with Crippen molar-refractivity contribution >= 4 is 33.2 Å². The van der Waals surface area contributed by atoms with E-state index in [1.54, 1.807) is 12.3 Å². The van der Waals surface area contributed by atoms with E-state index in [9.17, 15) is 0 Å². The molecule has 4 rings (SSSR count). The molecule has 0 amide bonds. The first kappa shape index (κ1) is 18.1. The van der Waals surface area contributed by atoms with E-state index in [1.165, 1.54) is 16.3 Å². The molecule has 0 unspecified atom stereocenters. The monoisotopic (exact) mass is 389 g/mol. The predicted molar refractivity (Wildman–Crippen MR) is 115 cm³/mol. The van der Waals surface area contributed by atoms with Crippen LogP contribution in [0.15, 0.2) is 84.6 Å². The Morgan fingerprint density at radius 3 is 2.86 bits per heavy atom. The number of rotatable bonds is 5. The van der Waals surface area contributed by atoms with Crippen molar-refractivity contribution in [3.05, 3.63) is 95.9 Å². The Morgan fingerprint density at radius 2 is 2.00 bits per heavy atom. The summed E-state index contributed by atoms with van der Waals surface area (Å²) < 4.78 is 2.08. The van der Waals surface area contributed by atoms with Crippen LogP contribution in [0, 0.1) is 5.41 Å². The van der Waals surface area contributed by atoms with Gasteiger partial charge in [0.1, 0.15) is 10.9 Å². The van der Waals surface area contributed by atoms with Gasteiger partial charge in [0.05, 0.1) is 17.7 Å². The van der Waals surface area contributed by atoms with Gasteiger partial charge in [0, 0.05) is 24.5 Å². The first-order chi connectivity index (χ1) is 13.6. The molecule has 28 heavy (non-hydrogen) atoms. The van der Waals surface area contributed by atoms with Crippen molar-refractivity contribution in [2.75, 3.05) is 0 Å². The van der Waals surface area contributed by atoms with Crippen LogP contribution < -0.4 is 11.1 Å². The first-order valence-corrected chi connectivity index (χ1v) is 9.37. The summed E-state index contributed by atoms with van der Waals surface area (Å²) >= 11 is 5.70. The molecule has 0 saturated heterocycles. The van der Waals surface area contributed by atoms with Crippen molar-refractivity contribution in [2.24, 2.45) is 5.73 Å². The molecule has 0 spiro atoms. The Morgan fingerprint density at radius 1 is 1.18 bits per heavy atom. The van der Waals surface area contributed by atoms with E-state index < -0.39 is 0 Å². The van der Waals surface area contributed by atoms with E-state index in [4.69, 9.17) is 22.7 Å². The molecule has 6 heteroatoms. The second-order valence-corrected chi connectivity index (χ2v) is 6.98. The Labute approximate surface area is 168 Å². The van der Waals surface area contributed by atoms with Crippen LogP contribution in [0.3, 0.4) is 0 Å². The Bertz CT molecular complexity index is 1130. The van der Waals surface area contributed by atoms with Crippen molar-refractivity contribution in [2.45, 2.75) is 13.0 Å². The molecule has 1 aliphatic heterocycles. The highest BCUT2D eigenvalue weighted by atomic mass is 35.5. The van der Waals surface area contributed by atoms with Gasteiger partial charge >= 0.3 is 0 Å². The average molecular weight is 390 g/mol. The van der Waals surface area contributed by atoms with E-state index in [2.05, 4.69) is 57.3 Å². The van der Waals surface area contributed by atoms with Crippen molar-refractivity contribution in [3.63, 3.8) is 0 Å². The van der Waals surface area contributed by atoms with Crippen LogP contribution in [0.4, 0.5) is 0 Å². The summed E-state index contributed by atoms with van der Waals surface area (Å²) in [6.07, 6.45) is 10.2. The van der Waals surface area contributed by atoms with Gasteiger partial charge in [-0.2, -0.15) is 0 Å². The van der Waals surface area contributed by atoms with Gasteiger partial charge in [0.15, 0.2) is 0 Å². The molecule has 3 aromatic rings. The average Bonchev–Trinajstić information content (AvgIpc) is 3.21. The number of imidazole rings is 1. The lowest BCUT2D eigenvalue weighted by Gasteiger charge is -2.12. The summed E-state index contributed by atoms with van der Waals surface area (Å²) in [5.41, 5.74) is 9.76. The van der Waals surface area contributed by atoms with E-state index in [0.29, 0.717) is 5.57 Å². The number of hydrogen-bond acceptors (Lipinski definition) is 4. The summed E-state index contributed by atoms with van der Waals surface area (Å²) in [7, 11) is 0. The lowest BCUT2D eigenvalue weighted by Crippen LogP contribution is -2.13. The smallest absolute Gasteiger partial charge is 0.144 e. The number of hydrogen-bond donors (Lipinski definition) is 3. The van der Waals surface area contributed by atoms with Gasteiger partial charge in [-0.05, 0) is 34.9 Å². The molecule has 5 nitrogen and oxygen atoms in total. The maximum Gasteiger partial charge on any atom is 0.144 e. The maximum atomic E-state index is 7.48. The molecule has 1 aromatic heterocycles. The van der Waals surface area contributed by atoms with Gasteiger partial charge in [0.2, 0.25) is 0 Å². The number of fused-ring (bicyclic) bond motifs is 1. The molecule has 0 radical (unpaired) electrons. The third-order valence-corrected chi connectivity index (χ3v) is 4.98. The molecule has 0 bridgehead atoms. The number of halogens is 1. The summed E-state index contributed by atoms with van der Waals surface area (Å²) in [6, 6.07) is 14.9. The first-order valence-electron chi connectivity index (χ1n) is 8.99. The molecular formula is C22H20ClN5. The Hall–Kier alpha value is -3.31. The minimum absolute atomic E-state index is 0.169. The fourth-order valence-corrected chi connectivity index (χ4v) is 3.40. The number of aryl methyl sites for hydroxylation is 2. The fourth-order valence-electron chi connectivity index (χ4n) is 3.29. The number of dihydropyridines is 1. The van der Waals surface area contributed by atoms with Crippen LogP contribution in [0.2, 0.25) is 0 Å². The van der Waals surface area contributed by atoms with Crippen LogP contribution in [0.5, 0.6) is 0 Å². The maximum absolute atomic E-state index is 7.48. The Kier molecular flexibility index (Phi) is 5.00. The number of benzene rings is 2. The highest BCUT2D eigenvalue weighted by Gasteiger charge is 2.11. The molecule has 140 valence electrons. The predicted octanol–water partition coefficient (Wildman–Crippen LogP) is 4.17. The number of nitrogens with zero attached hydrogens (tertiary/aromatic N) is 2. The lowest BCUT2D eigenvalue weighted by molar-refractivity contribution is 0.698. The zero-order valence-electron chi connectivity index (χ0n) is 15.2. The topological polar surface area (TPSA) is 79.7 Å². The van der Waals surface area contributed by atoms with Crippen LogP contribution in [0.25, 0.3) is 16.5 Å². The summed E-state index contributed by atoms with van der Waals surface area (Å²) in [6.45, 7) is 0.835. The van der Waals surface area contributed by atoms with Crippen LogP contribution >= 0.6 is 11.6 Å². The SMILES string of the molecule is N=C(Cl)C(N)=C1C=CNC(c2cn(CCc3cccc4ccccc34)cn2)=C1. The van der Waals surface area contributed by atoms with Crippen LogP contribution in [-0.4, -0.2) is 14.7 Å². The summed E-state index contributed by atoms with van der Waals surface area (Å²) in [5, 5.41) is 13.0. The number of allylic oxidation sites excluding steroid dienone is 4. The minimum atomic E-state index is -0.169. The molecule has 1 aliphatic rings. The fraction of sp³-hybridized carbons (Fsp3) is 0.0909. The van der Waals surface area contributed by atoms with E-state index in [1.807, 2.05) is 18.6 Å². The van der Waals surface area contributed by atoms with Crippen molar-refractivity contribution in [1.82, 2.24) is 14.9 Å². The molecular weight excluding hydrogens is 370 g/mol. The van der Waals surface area contributed by atoms with Crippen molar-refractivity contribution < 1.29 is 0 Å². The van der Waals surface area contributed by atoms with E-state index in [-0.39, 0.29) is 10.9 Å². The summed E-state index contributed by atoms with van der Waals surface area (Å²) in [4.78, 5) is 4.50. The standard InChI is InChI=1S/C22H20ClN5/c23-22(25)21(24)17-8-10-26-19(12-17)20-13-28(14-27-20)11-9-16-6-3-5-15-4-1-2-7-18(15)16/h1-8,10,12-14,25-26H,9,11,24H2. The molecule has 2 heterocycles. The van der Waals surface area contributed by atoms with E-state index in [0.717, 1.165) is 24.4 Å². The molecule has 4 N–H and O–H groups in total. The van der Waals surface area contributed by atoms with Gasteiger partial charge in [0.25, 0.3) is 0 Å². The molecule has 0 aliphatic carbocycles. The van der Waals surface area contributed by atoms with Gasteiger partial charge in [-0.15, -0.1) is 0 Å². The number of nitrogens with two attached hydrogens (primary N) is 1. The molecule has 0 saturated carbocycles. The second kappa shape index (κ2) is 7.74. The van der Waals surface area contributed by atoms with Crippen molar-refractivity contribution in [1.29, 1.82) is 5.41 Å². The largest absolute Gasteiger partial charge is 0.396 e. The van der Waals surface area contributed by atoms with Gasteiger partial charge in [-0.25, -0.2) is 4.98 Å². The van der Waals surface area contributed by atoms with Crippen molar-refractivity contribution in [3.8, 4) is 0 Å². The molecule has 0 fully saturated rings. The normalized spacial score (nSPS) is 15.2. The van der Waals surface area contributed by atoms with Crippen LogP contribution in [0.1, 0.15) is 11.3 Å². The third kappa shape index (κ3) is 3.70. The van der Waals surface area contributed by atoms with E-state index >= 15 is 0 Å². The number of nitrogens with one attached hydrogen (secondary N) is 2. The quantitative estimate of drug-likeness (QED) is 0.573.